The van der Waals surface area contributed by atoms with Crippen LogP contribution in [0.1, 0.15) is 26.9 Å². The van der Waals surface area contributed by atoms with Gasteiger partial charge in [0.25, 0.3) is 5.91 Å². The molecule has 1 atom stereocenters. The zero-order chi connectivity index (χ0) is 21.3. The number of aryl methyl sites for hydroxylation is 1. The molecule has 2 amide bonds. The molecular formula is C19H20FN3O4S2. The molecule has 2 aromatic rings. The van der Waals surface area contributed by atoms with E-state index in [1.165, 1.54) is 50.1 Å². The minimum absolute atomic E-state index is 0.0974. The number of halogens is 1. The fraction of sp³-hybridized carbons (Fsp3) is 0.263. The predicted octanol–water partition coefficient (Wildman–Crippen LogP) is 2.45. The van der Waals surface area contributed by atoms with E-state index in [0.717, 1.165) is 9.87 Å². The zero-order valence-electron chi connectivity index (χ0n) is 16.0. The van der Waals surface area contributed by atoms with E-state index in [4.69, 9.17) is 0 Å². The fourth-order valence-corrected chi connectivity index (χ4v) is 4.60. The van der Waals surface area contributed by atoms with Crippen molar-refractivity contribution in [1.82, 2.24) is 9.03 Å². The molecule has 1 saturated heterocycles. The molecule has 0 spiro atoms. The summed E-state index contributed by atoms with van der Waals surface area (Å²) in [6.45, 7) is 1.74. The third-order valence-electron chi connectivity index (χ3n) is 4.44. The molecule has 154 valence electrons. The highest BCUT2D eigenvalue weighted by Crippen LogP contribution is 2.42. The Balaban J connectivity index is 1.89. The van der Waals surface area contributed by atoms with Crippen molar-refractivity contribution in [3.05, 3.63) is 65.0 Å². The first-order chi connectivity index (χ1) is 13.6. The molecule has 29 heavy (non-hydrogen) atoms. The van der Waals surface area contributed by atoms with Gasteiger partial charge in [0.1, 0.15) is 11.2 Å². The third-order valence-corrected chi connectivity index (χ3v) is 7.06. The SMILES string of the molecule is Cc1cc(C(=O)NS(=O)(=O)N(C)C)ccc1N1C(=O)CSC1c1ccc(F)cc1. The maximum Gasteiger partial charge on any atom is 0.303 e. The van der Waals surface area contributed by atoms with E-state index in [0.29, 0.717) is 11.3 Å². The third kappa shape index (κ3) is 4.44. The molecule has 7 nitrogen and oxygen atoms in total. The van der Waals surface area contributed by atoms with E-state index < -0.39 is 16.1 Å². The number of carbonyl (C=O) groups is 2. The predicted molar refractivity (Wildman–Crippen MR) is 110 cm³/mol. The average molecular weight is 438 g/mol. The van der Waals surface area contributed by atoms with Crippen LogP contribution in [0.2, 0.25) is 0 Å². The highest BCUT2D eigenvalue weighted by atomic mass is 32.2. The summed E-state index contributed by atoms with van der Waals surface area (Å²) in [5.41, 5.74) is 2.21. The van der Waals surface area contributed by atoms with Crippen molar-refractivity contribution in [2.24, 2.45) is 0 Å². The molecular weight excluding hydrogens is 417 g/mol. The Labute approximate surface area is 173 Å². The van der Waals surface area contributed by atoms with Crippen LogP contribution in [0.5, 0.6) is 0 Å². The lowest BCUT2D eigenvalue weighted by atomic mass is 10.1. The highest BCUT2D eigenvalue weighted by molar-refractivity contribution is 8.00. The van der Waals surface area contributed by atoms with Crippen molar-refractivity contribution in [2.75, 3.05) is 24.7 Å². The lowest BCUT2D eigenvalue weighted by Crippen LogP contribution is -2.39. The Hall–Kier alpha value is -2.43. The number of nitrogens with zero attached hydrogens (tertiary/aromatic N) is 2. The van der Waals surface area contributed by atoms with Crippen LogP contribution in [0.4, 0.5) is 10.1 Å². The van der Waals surface area contributed by atoms with Crippen molar-refractivity contribution in [2.45, 2.75) is 12.3 Å². The van der Waals surface area contributed by atoms with E-state index in [1.54, 1.807) is 30.0 Å². The Morgan fingerprint density at radius 3 is 2.45 bits per heavy atom. The van der Waals surface area contributed by atoms with Gasteiger partial charge in [-0.1, -0.05) is 12.1 Å². The first-order valence-electron chi connectivity index (χ1n) is 8.64. The molecule has 0 radical (unpaired) electrons. The van der Waals surface area contributed by atoms with Gasteiger partial charge in [-0.2, -0.15) is 12.7 Å². The number of hydrogen-bond acceptors (Lipinski definition) is 5. The quantitative estimate of drug-likeness (QED) is 0.777. The molecule has 1 heterocycles. The lowest BCUT2D eigenvalue weighted by Gasteiger charge is -2.26. The van der Waals surface area contributed by atoms with Crippen molar-refractivity contribution in [1.29, 1.82) is 0 Å². The lowest BCUT2D eigenvalue weighted by molar-refractivity contribution is -0.115. The van der Waals surface area contributed by atoms with E-state index in [9.17, 15) is 22.4 Å². The second-order valence-corrected chi connectivity index (χ2v) is 9.65. The minimum atomic E-state index is -3.91. The monoisotopic (exact) mass is 437 g/mol. The Morgan fingerprint density at radius 1 is 1.21 bits per heavy atom. The molecule has 1 aliphatic heterocycles. The van der Waals surface area contributed by atoms with Crippen molar-refractivity contribution in [3.8, 4) is 0 Å². The van der Waals surface area contributed by atoms with Crippen molar-refractivity contribution >= 4 is 39.5 Å². The largest absolute Gasteiger partial charge is 0.303 e. The van der Waals surface area contributed by atoms with Crippen LogP contribution < -0.4 is 9.62 Å². The molecule has 0 saturated carbocycles. The van der Waals surface area contributed by atoms with Crippen molar-refractivity contribution < 1.29 is 22.4 Å². The van der Waals surface area contributed by atoms with Crippen LogP contribution in [0.3, 0.4) is 0 Å². The molecule has 0 aliphatic carbocycles. The van der Waals surface area contributed by atoms with E-state index >= 15 is 0 Å². The van der Waals surface area contributed by atoms with E-state index in [2.05, 4.69) is 0 Å². The molecule has 2 aromatic carbocycles. The maximum atomic E-state index is 13.3. The molecule has 1 unspecified atom stereocenters. The molecule has 1 aliphatic rings. The first-order valence-corrected chi connectivity index (χ1v) is 11.1. The maximum absolute atomic E-state index is 13.3. The number of rotatable bonds is 5. The van der Waals surface area contributed by atoms with Gasteiger partial charge in [-0.3, -0.25) is 14.5 Å². The Bertz CT molecular complexity index is 1060. The topological polar surface area (TPSA) is 86.8 Å². The number of anilines is 1. The number of hydrogen-bond donors (Lipinski definition) is 1. The van der Waals surface area contributed by atoms with Crippen LogP contribution in [0, 0.1) is 12.7 Å². The standard InChI is InChI=1S/C19H20FN3O4S2/c1-12-10-14(18(25)21-29(26,27)22(2)3)6-9-16(12)23-17(24)11-28-19(23)13-4-7-15(20)8-5-13/h4-10,19H,11H2,1-3H3,(H,21,25). The normalized spacial score (nSPS) is 17.1. The molecule has 0 aromatic heterocycles. The van der Waals surface area contributed by atoms with Crippen LogP contribution in [0.25, 0.3) is 0 Å². The summed E-state index contributed by atoms with van der Waals surface area (Å²) in [4.78, 5) is 26.4. The van der Waals surface area contributed by atoms with Gasteiger partial charge in [-0.05, 0) is 48.4 Å². The minimum Gasteiger partial charge on any atom is -0.295 e. The molecule has 3 rings (SSSR count). The van der Waals surface area contributed by atoms with Crippen LogP contribution in [-0.2, 0) is 15.0 Å². The summed E-state index contributed by atoms with van der Waals surface area (Å²) in [7, 11) is -1.27. The average Bonchev–Trinajstić information content (AvgIpc) is 3.03. The van der Waals surface area contributed by atoms with Crippen LogP contribution >= 0.6 is 11.8 Å². The Kier molecular flexibility index (Phi) is 5.97. The number of nitrogens with one attached hydrogen (secondary N) is 1. The van der Waals surface area contributed by atoms with Gasteiger partial charge in [-0.15, -0.1) is 11.8 Å². The van der Waals surface area contributed by atoms with Gasteiger partial charge in [0.05, 0.1) is 5.75 Å². The number of thioether (sulfide) groups is 1. The summed E-state index contributed by atoms with van der Waals surface area (Å²) in [5.74, 6) is -0.927. The summed E-state index contributed by atoms with van der Waals surface area (Å²) in [6, 6.07) is 10.6. The second-order valence-electron chi connectivity index (χ2n) is 6.70. The van der Waals surface area contributed by atoms with Gasteiger partial charge < -0.3 is 0 Å². The highest BCUT2D eigenvalue weighted by Gasteiger charge is 2.35. The summed E-state index contributed by atoms with van der Waals surface area (Å²) in [5, 5.41) is -0.310. The summed E-state index contributed by atoms with van der Waals surface area (Å²) in [6.07, 6.45) is 0. The molecule has 1 fully saturated rings. The fourth-order valence-electron chi connectivity index (χ4n) is 2.89. The number of benzene rings is 2. The van der Waals surface area contributed by atoms with Crippen LogP contribution in [0.15, 0.2) is 42.5 Å². The van der Waals surface area contributed by atoms with Gasteiger partial charge in [-0.25, -0.2) is 9.11 Å². The first kappa shape index (κ1) is 21.3. The zero-order valence-corrected chi connectivity index (χ0v) is 17.7. The number of carbonyl (C=O) groups excluding carboxylic acids is 2. The van der Waals surface area contributed by atoms with E-state index in [1.807, 2.05) is 4.72 Å². The molecule has 1 N–H and O–H groups in total. The molecule has 10 heteroatoms. The van der Waals surface area contributed by atoms with Gasteiger partial charge in [0.15, 0.2) is 0 Å². The van der Waals surface area contributed by atoms with E-state index in [-0.39, 0.29) is 28.4 Å². The summed E-state index contributed by atoms with van der Waals surface area (Å²) < 4.78 is 39.8. The van der Waals surface area contributed by atoms with Gasteiger partial charge in [0, 0.05) is 25.3 Å². The smallest absolute Gasteiger partial charge is 0.295 e. The second kappa shape index (κ2) is 8.13. The number of amides is 2. The summed E-state index contributed by atoms with van der Waals surface area (Å²) >= 11 is 1.43. The van der Waals surface area contributed by atoms with Crippen molar-refractivity contribution in [3.63, 3.8) is 0 Å². The van der Waals surface area contributed by atoms with Gasteiger partial charge >= 0.3 is 10.2 Å². The molecule has 0 bridgehead atoms. The van der Waals surface area contributed by atoms with Gasteiger partial charge in [0.2, 0.25) is 5.91 Å². The Morgan fingerprint density at radius 2 is 1.86 bits per heavy atom. The van der Waals surface area contributed by atoms with Crippen LogP contribution in [-0.4, -0.2) is 44.4 Å².